The van der Waals surface area contributed by atoms with Gasteiger partial charge in [0.05, 0.1) is 33.9 Å². The highest BCUT2D eigenvalue weighted by atomic mass is 35.5. The van der Waals surface area contributed by atoms with E-state index in [9.17, 15) is 23.4 Å². The fourth-order valence-corrected chi connectivity index (χ4v) is 5.12. The quantitative estimate of drug-likeness (QED) is 0.474. The predicted molar refractivity (Wildman–Crippen MR) is 123 cm³/mol. The van der Waals surface area contributed by atoms with E-state index in [1.807, 2.05) is 24.3 Å². The van der Waals surface area contributed by atoms with Crippen molar-refractivity contribution in [2.75, 3.05) is 12.9 Å². The Bertz CT molecular complexity index is 1170. The second kappa shape index (κ2) is 9.72. The van der Waals surface area contributed by atoms with E-state index in [1.165, 1.54) is 23.5 Å². The number of thiazole rings is 1. The van der Waals surface area contributed by atoms with Gasteiger partial charge in [-0.15, -0.1) is 23.7 Å². The highest BCUT2D eigenvalue weighted by Crippen LogP contribution is 2.29. The molecule has 172 valence electrons. The highest BCUT2D eigenvalue weighted by molar-refractivity contribution is 7.90. The zero-order valence-electron chi connectivity index (χ0n) is 17.0. The van der Waals surface area contributed by atoms with E-state index in [4.69, 9.17) is 4.74 Å². The number of carbonyl (C=O) groups excluding carboxylic acids is 1. The van der Waals surface area contributed by atoms with E-state index in [0.29, 0.717) is 17.2 Å². The molecule has 11 heteroatoms. The molecular weight excluding hydrogens is 476 g/mol. The van der Waals surface area contributed by atoms with Gasteiger partial charge in [-0.3, -0.25) is 4.79 Å². The second-order valence-corrected chi connectivity index (χ2v) is 10.6. The first-order valence-corrected chi connectivity index (χ1v) is 12.4. The van der Waals surface area contributed by atoms with Crippen LogP contribution in [0.1, 0.15) is 16.2 Å². The van der Waals surface area contributed by atoms with Crippen LogP contribution in [0.3, 0.4) is 0 Å². The van der Waals surface area contributed by atoms with E-state index in [1.54, 1.807) is 12.1 Å². The lowest BCUT2D eigenvalue weighted by atomic mass is 10.1. The van der Waals surface area contributed by atoms with Gasteiger partial charge in [0.2, 0.25) is 0 Å². The standard InChI is InChI=1S/C21H22N2O6S2.ClH/c1-31(27,28)14-8-6-13(7-9-14)29-11-12-10-16(19(25)18(12)24)22-20(26)21-23-15-4-2-3-5-17(15)30-21;/h2-9,12,16,18-19,24-25H,10-11H2,1H3,(H,22,26);1H/t12-,16-,18-,19+;/m1./s1. The molecule has 2 aromatic carbocycles. The maximum atomic E-state index is 12.6. The molecule has 0 saturated heterocycles. The van der Waals surface area contributed by atoms with Gasteiger partial charge in [-0.1, -0.05) is 12.1 Å². The van der Waals surface area contributed by atoms with Crippen LogP contribution >= 0.6 is 23.7 Å². The first-order valence-electron chi connectivity index (χ1n) is 9.68. The van der Waals surface area contributed by atoms with Crippen LogP contribution in [-0.4, -0.2) is 60.6 Å². The van der Waals surface area contributed by atoms with Gasteiger partial charge in [0.1, 0.15) is 11.9 Å². The third kappa shape index (κ3) is 5.21. The zero-order valence-corrected chi connectivity index (χ0v) is 19.5. The summed E-state index contributed by atoms with van der Waals surface area (Å²) in [7, 11) is -3.29. The molecule has 0 radical (unpaired) electrons. The van der Waals surface area contributed by atoms with Gasteiger partial charge in [0, 0.05) is 12.2 Å². The van der Waals surface area contributed by atoms with Crippen LogP contribution in [0.25, 0.3) is 10.2 Å². The number of amides is 1. The number of hydrogen-bond donors (Lipinski definition) is 3. The molecule has 32 heavy (non-hydrogen) atoms. The molecule has 8 nitrogen and oxygen atoms in total. The average molecular weight is 499 g/mol. The highest BCUT2D eigenvalue weighted by Gasteiger charge is 2.42. The van der Waals surface area contributed by atoms with Crippen molar-refractivity contribution in [1.82, 2.24) is 10.3 Å². The maximum Gasteiger partial charge on any atom is 0.280 e. The molecule has 3 aromatic rings. The number of nitrogens with one attached hydrogen (secondary N) is 1. The van der Waals surface area contributed by atoms with Crippen molar-refractivity contribution in [3.8, 4) is 5.75 Å². The Hall–Kier alpha value is -2.24. The van der Waals surface area contributed by atoms with Crippen molar-refractivity contribution in [3.63, 3.8) is 0 Å². The molecule has 0 unspecified atom stereocenters. The van der Waals surface area contributed by atoms with Gasteiger partial charge in [-0.05, 0) is 42.8 Å². The van der Waals surface area contributed by atoms with Gasteiger partial charge in [-0.25, -0.2) is 13.4 Å². The molecule has 0 spiro atoms. The number of aliphatic hydroxyl groups is 2. The molecular formula is C21H23ClN2O6S2. The molecule has 1 amide bonds. The Morgan fingerprint density at radius 3 is 2.50 bits per heavy atom. The van der Waals surface area contributed by atoms with E-state index in [-0.39, 0.29) is 23.9 Å². The maximum absolute atomic E-state index is 12.6. The summed E-state index contributed by atoms with van der Waals surface area (Å²) in [6.45, 7) is 0.115. The van der Waals surface area contributed by atoms with E-state index in [0.717, 1.165) is 16.5 Å². The molecule has 1 aliphatic carbocycles. The minimum Gasteiger partial charge on any atom is -0.493 e. The molecule has 1 aromatic heterocycles. The van der Waals surface area contributed by atoms with Crippen molar-refractivity contribution in [3.05, 3.63) is 53.5 Å². The number of hydrogen-bond acceptors (Lipinski definition) is 8. The third-order valence-electron chi connectivity index (χ3n) is 5.32. The van der Waals surface area contributed by atoms with Crippen molar-refractivity contribution in [2.24, 2.45) is 5.92 Å². The summed E-state index contributed by atoms with van der Waals surface area (Å²) in [5, 5.41) is 23.8. The largest absolute Gasteiger partial charge is 0.493 e. The third-order valence-corrected chi connectivity index (χ3v) is 7.49. The fourth-order valence-electron chi connectivity index (χ4n) is 3.62. The van der Waals surface area contributed by atoms with Crippen LogP contribution in [0.15, 0.2) is 53.4 Å². The molecule has 4 atom stereocenters. The smallest absolute Gasteiger partial charge is 0.280 e. The summed E-state index contributed by atoms with van der Waals surface area (Å²) in [6.07, 6.45) is -0.724. The monoisotopic (exact) mass is 498 g/mol. The van der Waals surface area contributed by atoms with E-state index in [2.05, 4.69) is 10.3 Å². The topological polar surface area (TPSA) is 126 Å². The van der Waals surface area contributed by atoms with E-state index < -0.39 is 39.9 Å². The number of aliphatic hydroxyl groups excluding tert-OH is 2. The number of sulfone groups is 1. The van der Waals surface area contributed by atoms with Crippen molar-refractivity contribution >= 4 is 49.7 Å². The molecule has 1 aliphatic rings. The fraction of sp³-hybridized carbons (Fsp3) is 0.333. The lowest BCUT2D eigenvalue weighted by Gasteiger charge is -2.18. The zero-order chi connectivity index (χ0) is 22.2. The Morgan fingerprint density at radius 1 is 1.16 bits per heavy atom. The van der Waals surface area contributed by atoms with Crippen molar-refractivity contribution < 1.29 is 28.2 Å². The number of carbonyl (C=O) groups is 1. The molecule has 1 heterocycles. The van der Waals surface area contributed by atoms with Crippen LogP contribution in [0.2, 0.25) is 0 Å². The molecule has 0 bridgehead atoms. The summed E-state index contributed by atoms with van der Waals surface area (Å²) in [4.78, 5) is 17.1. The lowest BCUT2D eigenvalue weighted by molar-refractivity contribution is 0.00252. The first kappa shape index (κ1) is 24.4. The van der Waals surface area contributed by atoms with Crippen LogP contribution in [0, 0.1) is 5.92 Å². The Balaban J connectivity index is 0.00000289. The Morgan fingerprint density at radius 2 is 1.84 bits per heavy atom. The van der Waals surface area contributed by atoms with Gasteiger partial charge in [0.25, 0.3) is 5.91 Å². The summed E-state index contributed by atoms with van der Waals surface area (Å²) in [5.74, 6) is -0.336. The summed E-state index contributed by atoms with van der Waals surface area (Å²) in [5.41, 5.74) is 0.734. The Labute approximate surface area is 195 Å². The van der Waals surface area contributed by atoms with Crippen LogP contribution in [0.5, 0.6) is 5.75 Å². The summed E-state index contributed by atoms with van der Waals surface area (Å²) in [6, 6.07) is 12.8. The molecule has 1 fully saturated rings. The number of ether oxygens (including phenoxy) is 1. The summed E-state index contributed by atoms with van der Waals surface area (Å²) >= 11 is 1.27. The lowest BCUT2D eigenvalue weighted by Crippen LogP contribution is -2.43. The minimum atomic E-state index is -3.29. The van der Waals surface area contributed by atoms with Gasteiger partial charge >= 0.3 is 0 Å². The predicted octanol–water partition coefficient (Wildman–Crippen LogP) is 2.04. The number of halogens is 1. The second-order valence-electron chi connectivity index (χ2n) is 7.60. The van der Waals surface area contributed by atoms with Crippen LogP contribution in [-0.2, 0) is 9.84 Å². The molecule has 0 aliphatic heterocycles. The molecule has 4 rings (SSSR count). The van der Waals surface area contributed by atoms with Crippen molar-refractivity contribution in [2.45, 2.75) is 29.6 Å². The summed E-state index contributed by atoms with van der Waals surface area (Å²) < 4.78 is 29.6. The SMILES string of the molecule is CS(=O)(=O)c1ccc(OC[C@H]2C[C@@H](NC(=O)c3nc4ccccc4s3)[C@H](O)[C@@H]2O)cc1.Cl. The average Bonchev–Trinajstić information content (AvgIpc) is 3.29. The van der Waals surface area contributed by atoms with E-state index >= 15 is 0 Å². The number of benzene rings is 2. The number of fused-ring (bicyclic) bond motifs is 1. The number of rotatable bonds is 6. The van der Waals surface area contributed by atoms with Crippen LogP contribution < -0.4 is 10.1 Å². The first-order chi connectivity index (χ1) is 14.7. The number of para-hydroxylation sites is 1. The van der Waals surface area contributed by atoms with Gasteiger partial charge in [0.15, 0.2) is 14.8 Å². The van der Waals surface area contributed by atoms with Gasteiger partial charge in [-0.2, -0.15) is 0 Å². The van der Waals surface area contributed by atoms with Crippen molar-refractivity contribution in [1.29, 1.82) is 0 Å². The molecule has 3 N–H and O–H groups in total. The van der Waals surface area contributed by atoms with Crippen LogP contribution in [0.4, 0.5) is 0 Å². The number of aromatic nitrogens is 1. The molecule has 1 saturated carbocycles. The normalized spacial score (nSPS) is 23.0. The van der Waals surface area contributed by atoms with Gasteiger partial charge < -0.3 is 20.3 Å². The minimum absolute atomic E-state index is 0. The Kier molecular flexibility index (Phi) is 7.41. The number of nitrogens with zero attached hydrogens (tertiary/aromatic N) is 1.